The first kappa shape index (κ1) is 9.97. The molecule has 0 atom stereocenters. The molecular weight excluding hydrogens is 188 g/mol. The van der Waals surface area contributed by atoms with Crippen LogP contribution in [0, 0.1) is 0 Å². The highest BCUT2D eigenvalue weighted by Crippen LogP contribution is 2.31. The van der Waals surface area contributed by atoms with Gasteiger partial charge in [0.05, 0.1) is 7.11 Å². The van der Waals surface area contributed by atoms with E-state index < -0.39 is 0 Å². The van der Waals surface area contributed by atoms with Crippen LogP contribution in [0.5, 0.6) is 5.75 Å². The number of ketones is 1. The standard InChI is InChI=1S/C13H14O2/c1-15-13-8-3-2-7-12(13)10-5-4-6-11(14)9-10/h2-3,7-9H,4-6H2,1H3. The molecule has 2 rings (SSSR count). The van der Waals surface area contributed by atoms with Gasteiger partial charge in [0, 0.05) is 12.0 Å². The third kappa shape index (κ3) is 2.09. The minimum Gasteiger partial charge on any atom is -0.496 e. The lowest BCUT2D eigenvalue weighted by atomic mass is 9.92. The van der Waals surface area contributed by atoms with Gasteiger partial charge in [-0.1, -0.05) is 18.2 Å². The number of carbonyl (C=O) groups is 1. The summed E-state index contributed by atoms with van der Waals surface area (Å²) in [6.07, 6.45) is 4.34. The van der Waals surface area contributed by atoms with Gasteiger partial charge in [-0.25, -0.2) is 0 Å². The van der Waals surface area contributed by atoms with Gasteiger partial charge in [0.2, 0.25) is 0 Å². The van der Waals surface area contributed by atoms with Gasteiger partial charge >= 0.3 is 0 Å². The van der Waals surface area contributed by atoms with E-state index in [4.69, 9.17) is 4.74 Å². The highest BCUT2D eigenvalue weighted by atomic mass is 16.5. The van der Waals surface area contributed by atoms with E-state index in [9.17, 15) is 4.79 Å². The van der Waals surface area contributed by atoms with E-state index in [0.717, 1.165) is 29.7 Å². The Morgan fingerprint density at radius 1 is 1.20 bits per heavy atom. The van der Waals surface area contributed by atoms with Crippen molar-refractivity contribution in [1.82, 2.24) is 0 Å². The molecule has 0 fully saturated rings. The molecule has 0 radical (unpaired) electrons. The molecule has 1 aliphatic rings. The highest BCUT2D eigenvalue weighted by molar-refractivity contribution is 5.98. The predicted molar refractivity (Wildman–Crippen MR) is 59.8 cm³/mol. The molecule has 0 aliphatic heterocycles. The van der Waals surface area contributed by atoms with Crippen LogP contribution >= 0.6 is 0 Å². The van der Waals surface area contributed by atoms with Crippen LogP contribution < -0.4 is 4.74 Å². The van der Waals surface area contributed by atoms with Crippen LogP contribution in [0.25, 0.3) is 5.57 Å². The van der Waals surface area contributed by atoms with Crippen molar-refractivity contribution in [2.45, 2.75) is 19.3 Å². The maximum Gasteiger partial charge on any atom is 0.155 e. The van der Waals surface area contributed by atoms with Gasteiger partial charge < -0.3 is 4.74 Å². The minimum atomic E-state index is 0.224. The summed E-state index contributed by atoms with van der Waals surface area (Å²) < 4.78 is 5.28. The number of ether oxygens (including phenoxy) is 1. The molecule has 0 bridgehead atoms. The van der Waals surface area contributed by atoms with E-state index in [0.29, 0.717) is 6.42 Å². The Kier molecular flexibility index (Phi) is 2.86. The van der Waals surface area contributed by atoms with Crippen molar-refractivity contribution < 1.29 is 9.53 Å². The molecule has 2 heteroatoms. The highest BCUT2D eigenvalue weighted by Gasteiger charge is 2.14. The van der Waals surface area contributed by atoms with E-state index in [1.807, 2.05) is 24.3 Å². The number of hydrogen-bond acceptors (Lipinski definition) is 2. The van der Waals surface area contributed by atoms with Crippen molar-refractivity contribution in [3.63, 3.8) is 0 Å². The van der Waals surface area contributed by atoms with Crippen LogP contribution in [-0.2, 0) is 4.79 Å². The first-order chi connectivity index (χ1) is 7.31. The summed E-state index contributed by atoms with van der Waals surface area (Å²) in [7, 11) is 1.66. The molecule has 0 unspecified atom stereocenters. The van der Waals surface area contributed by atoms with Gasteiger partial charge in [-0.15, -0.1) is 0 Å². The molecule has 0 saturated carbocycles. The summed E-state index contributed by atoms with van der Waals surface area (Å²) in [5, 5.41) is 0. The molecule has 1 aliphatic carbocycles. The average molecular weight is 202 g/mol. The Labute approximate surface area is 89.6 Å². The number of carbonyl (C=O) groups excluding carboxylic acids is 1. The van der Waals surface area contributed by atoms with E-state index in [2.05, 4.69) is 0 Å². The molecular formula is C13H14O2. The normalized spacial score (nSPS) is 16.1. The van der Waals surface area contributed by atoms with Crippen LogP contribution in [0.4, 0.5) is 0 Å². The van der Waals surface area contributed by atoms with Crippen molar-refractivity contribution in [3.8, 4) is 5.75 Å². The van der Waals surface area contributed by atoms with E-state index >= 15 is 0 Å². The van der Waals surface area contributed by atoms with Gasteiger partial charge in [0.15, 0.2) is 5.78 Å². The van der Waals surface area contributed by atoms with Crippen molar-refractivity contribution in [1.29, 1.82) is 0 Å². The average Bonchev–Trinajstić information content (AvgIpc) is 2.29. The Morgan fingerprint density at radius 2 is 2.00 bits per heavy atom. The Morgan fingerprint density at radius 3 is 2.73 bits per heavy atom. The van der Waals surface area contributed by atoms with Gasteiger partial charge in [-0.3, -0.25) is 4.79 Å². The maximum atomic E-state index is 11.3. The smallest absolute Gasteiger partial charge is 0.155 e. The molecule has 0 aromatic heterocycles. The van der Waals surface area contributed by atoms with Gasteiger partial charge in [0.25, 0.3) is 0 Å². The molecule has 78 valence electrons. The third-order valence-corrected chi connectivity index (χ3v) is 2.66. The number of para-hydroxylation sites is 1. The van der Waals surface area contributed by atoms with Gasteiger partial charge in [-0.2, -0.15) is 0 Å². The lowest BCUT2D eigenvalue weighted by Crippen LogP contribution is -2.03. The largest absolute Gasteiger partial charge is 0.496 e. The monoisotopic (exact) mass is 202 g/mol. The number of rotatable bonds is 2. The zero-order valence-corrected chi connectivity index (χ0v) is 8.82. The summed E-state index contributed by atoms with van der Waals surface area (Å²) in [5.41, 5.74) is 2.15. The number of benzene rings is 1. The molecule has 0 spiro atoms. The van der Waals surface area contributed by atoms with Gasteiger partial charge in [0.1, 0.15) is 5.75 Å². The molecule has 1 aromatic carbocycles. The molecule has 0 saturated heterocycles. The van der Waals surface area contributed by atoms with Crippen molar-refractivity contribution >= 4 is 11.4 Å². The fourth-order valence-corrected chi connectivity index (χ4v) is 1.91. The second kappa shape index (κ2) is 4.30. The first-order valence-corrected chi connectivity index (χ1v) is 5.18. The first-order valence-electron chi connectivity index (χ1n) is 5.18. The molecule has 0 heterocycles. The predicted octanol–water partition coefficient (Wildman–Crippen LogP) is 2.83. The topological polar surface area (TPSA) is 26.3 Å². The zero-order chi connectivity index (χ0) is 10.7. The quantitative estimate of drug-likeness (QED) is 0.737. The second-order valence-electron chi connectivity index (χ2n) is 3.69. The molecule has 15 heavy (non-hydrogen) atoms. The summed E-state index contributed by atoms with van der Waals surface area (Å²) in [5.74, 6) is 1.07. The van der Waals surface area contributed by atoms with Crippen LogP contribution in [0.3, 0.4) is 0 Å². The van der Waals surface area contributed by atoms with Crippen molar-refractivity contribution in [2.75, 3.05) is 7.11 Å². The summed E-state index contributed by atoms with van der Waals surface area (Å²) in [6.45, 7) is 0. The summed E-state index contributed by atoms with van der Waals surface area (Å²) in [4.78, 5) is 11.3. The summed E-state index contributed by atoms with van der Waals surface area (Å²) >= 11 is 0. The molecule has 1 aromatic rings. The lowest BCUT2D eigenvalue weighted by molar-refractivity contribution is -0.114. The Hall–Kier alpha value is -1.57. The van der Waals surface area contributed by atoms with Crippen LogP contribution in [0.2, 0.25) is 0 Å². The van der Waals surface area contributed by atoms with Crippen molar-refractivity contribution in [2.24, 2.45) is 0 Å². The number of allylic oxidation sites excluding steroid dienone is 2. The second-order valence-corrected chi connectivity index (χ2v) is 3.69. The SMILES string of the molecule is COc1ccccc1C1=CC(=O)CCC1. The van der Waals surface area contributed by atoms with Crippen molar-refractivity contribution in [3.05, 3.63) is 35.9 Å². The van der Waals surface area contributed by atoms with Crippen LogP contribution in [0.15, 0.2) is 30.3 Å². The van der Waals surface area contributed by atoms with E-state index in [1.165, 1.54) is 0 Å². The molecule has 0 amide bonds. The van der Waals surface area contributed by atoms with Crippen LogP contribution in [0.1, 0.15) is 24.8 Å². The Balaban J connectivity index is 2.40. The number of hydrogen-bond donors (Lipinski definition) is 0. The summed E-state index contributed by atoms with van der Waals surface area (Å²) in [6, 6.07) is 7.84. The maximum absolute atomic E-state index is 11.3. The van der Waals surface area contributed by atoms with Crippen LogP contribution in [-0.4, -0.2) is 12.9 Å². The fourth-order valence-electron chi connectivity index (χ4n) is 1.91. The molecule has 2 nitrogen and oxygen atoms in total. The van der Waals surface area contributed by atoms with Gasteiger partial charge in [-0.05, 0) is 30.6 Å². The van der Waals surface area contributed by atoms with E-state index in [1.54, 1.807) is 13.2 Å². The lowest BCUT2D eigenvalue weighted by Gasteiger charge is -2.14. The zero-order valence-electron chi connectivity index (χ0n) is 8.82. The number of methoxy groups -OCH3 is 1. The third-order valence-electron chi connectivity index (χ3n) is 2.66. The Bertz CT molecular complexity index is 405. The van der Waals surface area contributed by atoms with E-state index in [-0.39, 0.29) is 5.78 Å². The molecule has 0 N–H and O–H groups in total. The fraction of sp³-hybridized carbons (Fsp3) is 0.308. The minimum absolute atomic E-state index is 0.224.